The second kappa shape index (κ2) is 10.3. The first kappa shape index (κ1) is 23.2. The number of aryl methyl sites for hydroxylation is 1. The predicted octanol–water partition coefficient (Wildman–Crippen LogP) is 5.71. The van der Waals surface area contributed by atoms with Gasteiger partial charge in [0.1, 0.15) is 5.82 Å². The number of carbonyl (C=O) groups is 1. The molecule has 1 aromatic heterocycles. The van der Waals surface area contributed by atoms with Gasteiger partial charge in [0.05, 0.1) is 22.6 Å². The molecule has 0 aliphatic rings. The average molecular weight is 452 g/mol. The van der Waals surface area contributed by atoms with E-state index in [2.05, 4.69) is 0 Å². The van der Waals surface area contributed by atoms with Crippen LogP contribution in [0, 0.1) is 6.92 Å². The maximum atomic E-state index is 13.6. The van der Waals surface area contributed by atoms with Crippen molar-refractivity contribution in [1.29, 1.82) is 0 Å². The number of carbonyl (C=O) groups excluding carboxylic acids is 1. The van der Waals surface area contributed by atoms with Crippen molar-refractivity contribution >= 4 is 22.9 Å². The summed E-state index contributed by atoms with van der Waals surface area (Å²) >= 11 is 0. The Morgan fingerprint density at radius 2 is 1.76 bits per heavy atom. The summed E-state index contributed by atoms with van der Waals surface area (Å²) in [5.41, 5.74) is 3.24. The maximum absolute atomic E-state index is 13.6. The Hall–Kier alpha value is -3.99. The van der Waals surface area contributed by atoms with Crippen LogP contribution in [-0.2, 0) is 4.79 Å². The first-order chi connectivity index (χ1) is 16.5. The number of hydrogen-bond donors (Lipinski definition) is 0. The van der Waals surface area contributed by atoms with E-state index in [-0.39, 0.29) is 11.5 Å². The van der Waals surface area contributed by atoms with Crippen LogP contribution in [-0.4, -0.2) is 26.9 Å². The summed E-state index contributed by atoms with van der Waals surface area (Å²) in [5.74, 6) is 0.431. The molecule has 0 aliphatic carbocycles. The molecule has 0 N–H and O–H groups in total. The van der Waals surface area contributed by atoms with E-state index < -0.39 is 6.04 Å². The second-order valence-electron chi connectivity index (χ2n) is 8.42. The summed E-state index contributed by atoms with van der Waals surface area (Å²) in [6.07, 6.45) is 4.20. The highest BCUT2D eigenvalue weighted by Crippen LogP contribution is 2.24. The van der Waals surface area contributed by atoms with E-state index in [1.54, 1.807) is 21.6 Å². The molecule has 4 rings (SSSR count). The van der Waals surface area contributed by atoms with Crippen LogP contribution in [0.2, 0.25) is 0 Å². The van der Waals surface area contributed by atoms with Crippen molar-refractivity contribution in [3.8, 4) is 5.69 Å². The molecule has 0 radical (unpaired) electrons. The Morgan fingerprint density at radius 3 is 2.50 bits per heavy atom. The zero-order valence-electron chi connectivity index (χ0n) is 19.8. The van der Waals surface area contributed by atoms with Crippen molar-refractivity contribution in [2.75, 3.05) is 6.54 Å². The smallest absolute Gasteiger partial charge is 0.266 e. The lowest BCUT2D eigenvalue weighted by Gasteiger charge is -2.29. The molecule has 0 aliphatic heterocycles. The number of nitrogens with zero attached hydrogens (tertiary/aromatic N) is 3. The van der Waals surface area contributed by atoms with Crippen LogP contribution in [0.15, 0.2) is 89.7 Å². The van der Waals surface area contributed by atoms with E-state index in [0.29, 0.717) is 23.3 Å². The van der Waals surface area contributed by atoms with E-state index in [1.165, 1.54) is 0 Å². The molecule has 0 saturated heterocycles. The molecule has 34 heavy (non-hydrogen) atoms. The van der Waals surface area contributed by atoms with Crippen LogP contribution in [0.4, 0.5) is 0 Å². The van der Waals surface area contributed by atoms with Gasteiger partial charge in [0, 0.05) is 12.6 Å². The molecule has 0 bridgehead atoms. The van der Waals surface area contributed by atoms with Crippen LogP contribution < -0.4 is 5.56 Å². The monoisotopic (exact) mass is 451 g/mol. The van der Waals surface area contributed by atoms with Gasteiger partial charge in [0.2, 0.25) is 5.91 Å². The molecule has 1 unspecified atom stereocenters. The third-order valence-corrected chi connectivity index (χ3v) is 5.87. The van der Waals surface area contributed by atoms with Gasteiger partial charge in [-0.05, 0) is 61.7 Å². The van der Waals surface area contributed by atoms with Gasteiger partial charge >= 0.3 is 0 Å². The topological polar surface area (TPSA) is 55.2 Å². The molecular weight excluding hydrogens is 422 g/mol. The molecule has 5 heteroatoms. The van der Waals surface area contributed by atoms with E-state index in [4.69, 9.17) is 4.98 Å². The Balaban J connectivity index is 1.82. The fourth-order valence-electron chi connectivity index (χ4n) is 4.15. The molecule has 0 fully saturated rings. The maximum Gasteiger partial charge on any atom is 0.266 e. The van der Waals surface area contributed by atoms with Gasteiger partial charge in [-0.1, -0.05) is 61.5 Å². The van der Waals surface area contributed by atoms with Crippen molar-refractivity contribution in [3.63, 3.8) is 0 Å². The number of para-hydroxylation sites is 1. The summed E-state index contributed by atoms with van der Waals surface area (Å²) in [5, 5.41) is 0.553. The van der Waals surface area contributed by atoms with Crippen LogP contribution in [0.25, 0.3) is 22.7 Å². The first-order valence-corrected chi connectivity index (χ1v) is 11.6. The molecule has 5 nitrogen and oxygen atoms in total. The van der Waals surface area contributed by atoms with E-state index in [9.17, 15) is 9.59 Å². The van der Waals surface area contributed by atoms with Crippen LogP contribution in [0.5, 0.6) is 0 Å². The normalized spacial score (nSPS) is 12.2. The summed E-state index contributed by atoms with van der Waals surface area (Å²) in [6.45, 7) is 6.52. The Kier molecular flexibility index (Phi) is 7.02. The Morgan fingerprint density at radius 1 is 1.03 bits per heavy atom. The lowest BCUT2D eigenvalue weighted by molar-refractivity contribution is -0.128. The van der Waals surface area contributed by atoms with Gasteiger partial charge in [0.25, 0.3) is 5.56 Å². The molecule has 1 heterocycles. The Bertz CT molecular complexity index is 1390. The highest BCUT2D eigenvalue weighted by molar-refractivity contribution is 5.92. The molecular formula is C29H29N3O2. The second-order valence-corrected chi connectivity index (χ2v) is 8.42. The zero-order chi connectivity index (χ0) is 24.1. The average Bonchev–Trinajstić information content (AvgIpc) is 2.86. The van der Waals surface area contributed by atoms with Crippen molar-refractivity contribution in [2.24, 2.45) is 0 Å². The SMILES string of the molecule is CCCN(C(=O)/C=C/c1ccccc1)C(C)c1nc2ccccc2c(=O)n1-c1cccc(C)c1. The lowest BCUT2D eigenvalue weighted by Crippen LogP contribution is -2.37. The molecule has 3 aromatic carbocycles. The standard InChI is InChI=1S/C29H29N3O2/c1-4-19-31(27(33)18-17-23-12-6-5-7-13-23)22(3)28-30-26-16-9-8-15-25(26)29(34)32(28)24-14-10-11-21(2)20-24/h5-18,20,22H,4,19H2,1-3H3/b18-17+. The van der Waals surface area contributed by atoms with Crippen molar-refractivity contribution in [3.05, 3.63) is 112 Å². The van der Waals surface area contributed by atoms with Crippen LogP contribution in [0.1, 0.15) is 43.3 Å². The minimum absolute atomic E-state index is 0.114. The van der Waals surface area contributed by atoms with Crippen molar-refractivity contribution in [2.45, 2.75) is 33.2 Å². The van der Waals surface area contributed by atoms with E-state index in [0.717, 1.165) is 23.2 Å². The van der Waals surface area contributed by atoms with Crippen molar-refractivity contribution in [1.82, 2.24) is 14.5 Å². The highest BCUT2D eigenvalue weighted by atomic mass is 16.2. The summed E-state index contributed by atoms with van der Waals surface area (Å²) in [7, 11) is 0. The molecule has 1 atom stereocenters. The summed E-state index contributed by atoms with van der Waals surface area (Å²) < 4.78 is 1.65. The van der Waals surface area contributed by atoms with Crippen LogP contribution >= 0.6 is 0 Å². The summed E-state index contributed by atoms with van der Waals surface area (Å²) in [4.78, 5) is 33.6. The number of amides is 1. The zero-order valence-corrected chi connectivity index (χ0v) is 19.8. The number of rotatable bonds is 7. The van der Waals surface area contributed by atoms with Gasteiger partial charge in [-0.15, -0.1) is 0 Å². The van der Waals surface area contributed by atoms with Crippen molar-refractivity contribution < 1.29 is 4.79 Å². The molecule has 172 valence electrons. The van der Waals surface area contributed by atoms with Gasteiger partial charge in [-0.25, -0.2) is 4.98 Å². The quantitative estimate of drug-likeness (QED) is 0.338. The Labute approximate surface area is 200 Å². The van der Waals surface area contributed by atoms with E-state index in [1.807, 2.05) is 99.6 Å². The highest BCUT2D eigenvalue weighted by Gasteiger charge is 2.25. The first-order valence-electron chi connectivity index (χ1n) is 11.6. The minimum Gasteiger partial charge on any atom is -0.329 e. The number of hydrogen-bond acceptors (Lipinski definition) is 3. The fraction of sp³-hybridized carbons (Fsp3) is 0.207. The van der Waals surface area contributed by atoms with Gasteiger partial charge in [-0.3, -0.25) is 14.2 Å². The van der Waals surface area contributed by atoms with E-state index >= 15 is 0 Å². The van der Waals surface area contributed by atoms with Gasteiger partial charge in [0.15, 0.2) is 0 Å². The number of benzene rings is 3. The molecule has 4 aromatic rings. The molecule has 1 amide bonds. The lowest BCUT2D eigenvalue weighted by atomic mass is 10.1. The largest absolute Gasteiger partial charge is 0.329 e. The molecule has 0 spiro atoms. The summed E-state index contributed by atoms with van der Waals surface area (Å²) in [6, 6.07) is 24.5. The predicted molar refractivity (Wildman–Crippen MR) is 138 cm³/mol. The number of aromatic nitrogens is 2. The van der Waals surface area contributed by atoms with Crippen LogP contribution in [0.3, 0.4) is 0 Å². The van der Waals surface area contributed by atoms with Gasteiger partial charge in [-0.2, -0.15) is 0 Å². The molecule has 0 saturated carbocycles. The third kappa shape index (κ3) is 4.84. The number of fused-ring (bicyclic) bond motifs is 1. The van der Waals surface area contributed by atoms with Gasteiger partial charge < -0.3 is 4.90 Å². The third-order valence-electron chi connectivity index (χ3n) is 5.87. The fourth-order valence-corrected chi connectivity index (χ4v) is 4.15. The minimum atomic E-state index is -0.411.